The van der Waals surface area contributed by atoms with E-state index >= 15 is 0 Å². The van der Waals surface area contributed by atoms with E-state index in [1.54, 1.807) is 16.8 Å². The number of nitrogens with one attached hydrogen (secondary N) is 1. The summed E-state index contributed by atoms with van der Waals surface area (Å²) in [5.74, 6) is -0.213. The van der Waals surface area contributed by atoms with Crippen LogP contribution in [0.4, 0.5) is 4.39 Å². The second-order valence-corrected chi connectivity index (χ2v) is 7.82. The van der Waals surface area contributed by atoms with Gasteiger partial charge in [-0.2, -0.15) is 5.10 Å². The van der Waals surface area contributed by atoms with Crippen LogP contribution >= 0.6 is 23.7 Å². The number of aromatic nitrogens is 2. The van der Waals surface area contributed by atoms with Crippen molar-refractivity contribution in [3.8, 4) is 5.69 Å². The summed E-state index contributed by atoms with van der Waals surface area (Å²) in [6.45, 7) is 7.63. The van der Waals surface area contributed by atoms with E-state index in [0.29, 0.717) is 6.54 Å². The molecule has 2 aromatic heterocycles. The molecule has 1 amide bonds. The molecule has 0 aliphatic carbocycles. The predicted octanol–water partition coefficient (Wildman–Crippen LogP) is 3.78. The second-order valence-electron chi connectivity index (χ2n) is 6.79. The number of carbonyl (C=O) groups is 1. The van der Waals surface area contributed by atoms with Crippen molar-refractivity contribution in [2.45, 2.75) is 32.9 Å². The van der Waals surface area contributed by atoms with Crippen molar-refractivity contribution in [3.05, 3.63) is 46.7 Å². The van der Waals surface area contributed by atoms with Gasteiger partial charge in [0.2, 0.25) is 0 Å². The Bertz CT molecular complexity index is 968. The highest BCUT2D eigenvalue weighted by Gasteiger charge is 2.30. The Labute approximate surface area is 167 Å². The normalized spacial score (nSPS) is 19.9. The summed E-state index contributed by atoms with van der Waals surface area (Å²) in [6, 6.07) is 8.59. The van der Waals surface area contributed by atoms with E-state index in [1.807, 2.05) is 17.9 Å². The maximum Gasteiger partial charge on any atom is 0.264 e. The molecule has 1 aliphatic rings. The van der Waals surface area contributed by atoms with Crippen LogP contribution in [-0.2, 0) is 0 Å². The number of rotatable bonds is 2. The number of aryl methyl sites for hydroxylation is 1. The number of fused-ring (bicyclic) bond motifs is 1. The number of hydrogen-bond donors (Lipinski definition) is 1. The number of hydrogen-bond acceptors (Lipinski definition) is 4. The lowest BCUT2D eigenvalue weighted by Gasteiger charge is -2.38. The Morgan fingerprint density at radius 1 is 1.30 bits per heavy atom. The Hall–Kier alpha value is -1.96. The van der Waals surface area contributed by atoms with Gasteiger partial charge in [-0.3, -0.25) is 4.79 Å². The largest absolute Gasteiger partial charge is 0.332 e. The van der Waals surface area contributed by atoms with E-state index in [4.69, 9.17) is 0 Å². The van der Waals surface area contributed by atoms with E-state index in [1.165, 1.54) is 23.5 Å². The Balaban J connectivity index is 0.00000210. The number of carbonyl (C=O) groups excluding carboxylic acids is 1. The van der Waals surface area contributed by atoms with Crippen LogP contribution in [0.2, 0.25) is 0 Å². The molecule has 0 saturated carbocycles. The zero-order chi connectivity index (χ0) is 18.4. The summed E-state index contributed by atoms with van der Waals surface area (Å²) in [7, 11) is 0. The smallest absolute Gasteiger partial charge is 0.264 e. The van der Waals surface area contributed by atoms with Gasteiger partial charge in [-0.15, -0.1) is 23.7 Å². The summed E-state index contributed by atoms with van der Waals surface area (Å²) in [5.41, 5.74) is 1.65. The molecule has 1 aliphatic heterocycles. The van der Waals surface area contributed by atoms with E-state index < -0.39 is 0 Å². The van der Waals surface area contributed by atoms with Crippen molar-refractivity contribution in [2.75, 3.05) is 13.1 Å². The number of thiophene rings is 1. The van der Waals surface area contributed by atoms with Gasteiger partial charge in [-0.05, 0) is 51.1 Å². The lowest BCUT2D eigenvalue weighted by Crippen LogP contribution is -2.57. The first-order valence-corrected chi connectivity index (χ1v) is 9.57. The molecule has 1 aromatic carbocycles. The number of benzene rings is 1. The van der Waals surface area contributed by atoms with Crippen LogP contribution in [0.15, 0.2) is 30.3 Å². The Morgan fingerprint density at radius 3 is 2.70 bits per heavy atom. The van der Waals surface area contributed by atoms with Crippen molar-refractivity contribution in [2.24, 2.45) is 0 Å². The third kappa shape index (κ3) is 3.47. The summed E-state index contributed by atoms with van der Waals surface area (Å²) in [6.07, 6.45) is 0. The highest BCUT2D eigenvalue weighted by atomic mass is 35.5. The zero-order valence-corrected chi connectivity index (χ0v) is 17.0. The molecule has 2 unspecified atom stereocenters. The second kappa shape index (κ2) is 7.58. The number of nitrogens with zero attached hydrogens (tertiary/aromatic N) is 3. The van der Waals surface area contributed by atoms with Crippen LogP contribution in [-0.4, -0.2) is 45.8 Å². The quantitative estimate of drug-likeness (QED) is 0.702. The minimum absolute atomic E-state index is 0. The van der Waals surface area contributed by atoms with Crippen LogP contribution in [0.25, 0.3) is 15.9 Å². The first-order valence-electron chi connectivity index (χ1n) is 8.75. The average Bonchev–Trinajstić information content (AvgIpc) is 3.19. The van der Waals surface area contributed by atoms with Gasteiger partial charge < -0.3 is 10.2 Å². The molecule has 3 heterocycles. The van der Waals surface area contributed by atoms with Gasteiger partial charge in [-0.1, -0.05) is 0 Å². The molecule has 27 heavy (non-hydrogen) atoms. The highest BCUT2D eigenvalue weighted by Crippen LogP contribution is 2.31. The SMILES string of the molecule is Cc1nn(-c2ccc(F)cc2)c2sc(C(=O)N3CCNC(C)C3C)cc12.Cl. The van der Waals surface area contributed by atoms with Gasteiger partial charge in [0, 0.05) is 30.6 Å². The molecule has 0 bridgehead atoms. The minimum Gasteiger partial charge on any atom is -0.332 e. The molecule has 144 valence electrons. The van der Waals surface area contributed by atoms with Crippen LogP contribution in [0.3, 0.4) is 0 Å². The predicted molar refractivity (Wildman–Crippen MR) is 109 cm³/mol. The topological polar surface area (TPSA) is 50.2 Å². The van der Waals surface area contributed by atoms with Crippen LogP contribution < -0.4 is 5.32 Å². The number of halogens is 2. The lowest BCUT2D eigenvalue weighted by atomic mass is 10.1. The van der Waals surface area contributed by atoms with E-state index in [0.717, 1.165) is 33.0 Å². The number of amides is 1. The minimum atomic E-state index is -0.280. The van der Waals surface area contributed by atoms with Gasteiger partial charge in [0.25, 0.3) is 5.91 Å². The average molecular weight is 409 g/mol. The first kappa shape index (κ1) is 19.8. The molecule has 5 nitrogen and oxygen atoms in total. The first-order chi connectivity index (χ1) is 12.5. The van der Waals surface area contributed by atoms with Gasteiger partial charge in [0.15, 0.2) is 0 Å². The van der Waals surface area contributed by atoms with Gasteiger partial charge in [0.05, 0.1) is 16.3 Å². The van der Waals surface area contributed by atoms with Gasteiger partial charge in [-0.25, -0.2) is 9.07 Å². The molecule has 0 spiro atoms. The van der Waals surface area contributed by atoms with Crippen molar-refractivity contribution in [3.63, 3.8) is 0 Å². The molecule has 1 N–H and O–H groups in total. The summed E-state index contributed by atoms with van der Waals surface area (Å²) >= 11 is 1.44. The molecule has 1 fully saturated rings. The van der Waals surface area contributed by atoms with Gasteiger partial charge in [0.1, 0.15) is 10.6 Å². The molecule has 1 saturated heterocycles. The third-order valence-corrected chi connectivity index (χ3v) is 6.22. The van der Waals surface area contributed by atoms with E-state index in [2.05, 4.69) is 24.3 Å². The lowest BCUT2D eigenvalue weighted by molar-refractivity contribution is 0.0608. The maximum absolute atomic E-state index is 13.2. The zero-order valence-electron chi connectivity index (χ0n) is 15.4. The number of piperazine rings is 1. The fraction of sp³-hybridized carbons (Fsp3) is 0.368. The van der Waals surface area contributed by atoms with E-state index in [-0.39, 0.29) is 36.2 Å². The molecular weight excluding hydrogens is 387 g/mol. The molecule has 0 radical (unpaired) electrons. The van der Waals surface area contributed by atoms with Crippen molar-refractivity contribution in [1.82, 2.24) is 20.0 Å². The fourth-order valence-corrected chi connectivity index (χ4v) is 4.53. The Morgan fingerprint density at radius 2 is 2.00 bits per heavy atom. The molecule has 8 heteroatoms. The highest BCUT2D eigenvalue weighted by molar-refractivity contribution is 7.20. The fourth-order valence-electron chi connectivity index (χ4n) is 3.39. The maximum atomic E-state index is 13.2. The van der Waals surface area contributed by atoms with Crippen molar-refractivity contribution in [1.29, 1.82) is 0 Å². The van der Waals surface area contributed by atoms with Crippen molar-refractivity contribution < 1.29 is 9.18 Å². The van der Waals surface area contributed by atoms with Crippen LogP contribution in [0, 0.1) is 12.7 Å². The standard InChI is InChI=1S/C19H21FN4OS.ClH/c1-11-13(3)23(9-8-21-11)18(25)17-10-16-12(2)22-24(19(16)26-17)15-6-4-14(20)5-7-15;/h4-7,10-11,13,21H,8-9H2,1-3H3;1H. The van der Waals surface area contributed by atoms with Crippen molar-refractivity contribution >= 4 is 39.9 Å². The third-order valence-electron chi connectivity index (χ3n) is 5.12. The van der Waals surface area contributed by atoms with Crippen LogP contribution in [0.1, 0.15) is 29.2 Å². The summed E-state index contributed by atoms with van der Waals surface area (Å²) in [4.78, 5) is 16.6. The van der Waals surface area contributed by atoms with Crippen LogP contribution in [0.5, 0.6) is 0 Å². The summed E-state index contributed by atoms with van der Waals surface area (Å²) < 4.78 is 15.0. The van der Waals surface area contributed by atoms with E-state index in [9.17, 15) is 9.18 Å². The van der Waals surface area contributed by atoms with Gasteiger partial charge >= 0.3 is 0 Å². The molecule has 2 atom stereocenters. The molecule has 4 rings (SSSR count). The molecular formula is C19H22ClFN4OS. The Kier molecular flexibility index (Phi) is 5.55. The summed E-state index contributed by atoms with van der Waals surface area (Å²) in [5, 5.41) is 8.93. The monoisotopic (exact) mass is 408 g/mol. The molecule has 3 aromatic rings.